The van der Waals surface area contributed by atoms with E-state index in [1.165, 1.54) is 103 Å². The van der Waals surface area contributed by atoms with Crippen LogP contribution in [0.4, 0.5) is 0 Å². The van der Waals surface area contributed by atoms with Crippen LogP contribution in [0.2, 0.25) is 0 Å². The Labute approximate surface area is 210 Å². The smallest absolute Gasteiger partial charge is 0.200 e. The molecule has 4 heteroatoms. The van der Waals surface area contributed by atoms with Crippen molar-refractivity contribution in [1.82, 2.24) is 0 Å². The molecule has 0 aliphatic rings. The summed E-state index contributed by atoms with van der Waals surface area (Å²) in [5.41, 5.74) is 0. The molecule has 0 saturated carbocycles. The second-order valence-electron chi connectivity index (χ2n) is 8.66. The molecule has 2 nitrogen and oxygen atoms in total. The van der Waals surface area contributed by atoms with Crippen LogP contribution in [0.3, 0.4) is 0 Å². The van der Waals surface area contributed by atoms with Gasteiger partial charge in [-0.2, -0.15) is 0 Å². The first-order valence-corrected chi connectivity index (χ1v) is 14.5. The van der Waals surface area contributed by atoms with E-state index in [4.69, 9.17) is 0 Å². The fourth-order valence-corrected chi connectivity index (χ4v) is 5.46. The third-order valence-corrected chi connectivity index (χ3v) is 7.75. The molecule has 0 saturated heterocycles. The summed E-state index contributed by atoms with van der Waals surface area (Å²) in [6.07, 6.45) is 26.8. The van der Waals surface area contributed by atoms with Crippen LogP contribution >= 0.6 is 7.37 Å². The number of hydrogen-bond donors (Lipinski definition) is 1. The molecule has 0 bridgehead atoms. The van der Waals surface area contributed by atoms with Crippen molar-refractivity contribution in [3.63, 3.8) is 0 Å². The Morgan fingerprint density at radius 3 is 0.929 bits per heavy atom. The topological polar surface area (TPSA) is 37.3 Å². The fourth-order valence-electron chi connectivity index (χ4n) is 3.80. The summed E-state index contributed by atoms with van der Waals surface area (Å²) in [5.74, 6) is 0. The largest absolute Gasteiger partial charge is 0.344 e. The first-order valence-electron chi connectivity index (χ1n) is 12.4. The normalized spacial score (nSPS) is 11.5. The van der Waals surface area contributed by atoms with Crippen LogP contribution in [0.5, 0.6) is 0 Å². The predicted molar refractivity (Wildman–Crippen MR) is 123 cm³/mol. The van der Waals surface area contributed by atoms with Crippen LogP contribution in [-0.2, 0) is 4.57 Å². The van der Waals surface area contributed by atoms with Gasteiger partial charge in [0.1, 0.15) is 0 Å². The summed E-state index contributed by atoms with van der Waals surface area (Å²) < 4.78 is 12.2. The average Bonchev–Trinajstić information content (AvgIpc) is 2.64. The molecule has 0 amide bonds. The van der Waals surface area contributed by atoms with Crippen molar-refractivity contribution < 1.29 is 50.3 Å². The molecule has 0 aromatic carbocycles. The molecule has 168 valence electrons. The summed E-state index contributed by atoms with van der Waals surface area (Å²) in [6.45, 7) is 4.52. The molecule has 0 aliphatic carbocycles. The molecule has 0 rings (SSSR count). The maximum atomic E-state index is 12.2. The van der Waals surface area contributed by atoms with Crippen molar-refractivity contribution in [2.75, 3.05) is 12.3 Å². The molecule has 1 N–H and O–H groups in total. The zero-order valence-corrected chi connectivity index (χ0v) is 23.5. The van der Waals surface area contributed by atoms with E-state index >= 15 is 0 Å². The van der Waals surface area contributed by atoms with Crippen molar-refractivity contribution in [2.45, 2.75) is 142 Å². The Morgan fingerprint density at radius 1 is 0.464 bits per heavy atom. The van der Waals surface area contributed by atoms with Gasteiger partial charge in [-0.05, 0) is 12.8 Å². The Balaban J connectivity index is 0. The van der Waals surface area contributed by atoms with Gasteiger partial charge >= 0.3 is 0 Å². The van der Waals surface area contributed by atoms with Gasteiger partial charge in [-0.25, -0.2) is 0 Å². The van der Waals surface area contributed by atoms with Crippen LogP contribution in [0, 0.1) is 40.8 Å². The van der Waals surface area contributed by atoms with Crippen molar-refractivity contribution in [1.29, 1.82) is 0 Å². The van der Waals surface area contributed by atoms with E-state index in [0.717, 1.165) is 25.7 Å². The molecule has 0 atom stereocenters. The molecule has 0 radical (unpaired) electrons. The molecule has 0 aromatic rings. The Morgan fingerprint density at radius 2 is 0.679 bits per heavy atom. The molecule has 0 unspecified atom stereocenters. The first-order chi connectivity index (χ1) is 13.1. The Kier molecular flexibility index (Phi) is 28.1. The molecule has 0 heterocycles. The standard InChI is InChI=1S/C24H51O2P.Nd/c1-3-5-7-9-11-13-15-17-19-21-23-27(25,26)24-22-20-18-16-14-12-10-8-6-4-2;/h3-24H2,1-2H3,(H,25,26);. The zero-order chi connectivity index (χ0) is 20.1. The van der Waals surface area contributed by atoms with Crippen LogP contribution in [0.15, 0.2) is 0 Å². The van der Waals surface area contributed by atoms with Gasteiger partial charge in [-0.15, -0.1) is 0 Å². The molecule has 0 aromatic heterocycles. The monoisotopic (exact) mass is 544 g/mol. The second kappa shape index (κ2) is 24.8. The van der Waals surface area contributed by atoms with Gasteiger partial charge in [0.2, 0.25) is 7.37 Å². The molecular weight excluding hydrogens is 495 g/mol. The zero-order valence-electron chi connectivity index (χ0n) is 19.4. The van der Waals surface area contributed by atoms with E-state index in [-0.39, 0.29) is 40.8 Å². The second-order valence-corrected chi connectivity index (χ2v) is 11.2. The van der Waals surface area contributed by atoms with E-state index < -0.39 is 7.37 Å². The van der Waals surface area contributed by atoms with E-state index in [1.807, 2.05) is 0 Å². The minimum Gasteiger partial charge on any atom is -0.344 e. The molecule has 0 spiro atoms. The summed E-state index contributed by atoms with van der Waals surface area (Å²) in [7, 11) is -2.84. The summed E-state index contributed by atoms with van der Waals surface area (Å²) in [5, 5.41) is 0. The average molecular weight is 547 g/mol. The maximum Gasteiger partial charge on any atom is 0.200 e. The fraction of sp³-hybridized carbons (Fsp3) is 1.00. The SMILES string of the molecule is CCCCCCCCCCCCP(=O)(O)CCCCCCCCCCCC.[Nd]. The van der Waals surface area contributed by atoms with Gasteiger partial charge in [0.25, 0.3) is 0 Å². The van der Waals surface area contributed by atoms with Gasteiger partial charge in [0.15, 0.2) is 0 Å². The van der Waals surface area contributed by atoms with Crippen molar-refractivity contribution in [2.24, 2.45) is 0 Å². The van der Waals surface area contributed by atoms with Crippen molar-refractivity contribution >= 4 is 7.37 Å². The Hall–Kier alpha value is 1.54. The number of unbranched alkanes of at least 4 members (excludes halogenated alkanes) is 18. The van der Waals surface area contributed by atoms with Crippen LogP contribution in [0.1, 0.15) is 142 Å². The third kappa shape index (κ3) is 25.6. The Bertz CT molecular complexity index is 309. The number of rotatable bonds is 22. The summed E-state index contributed by atoms with van der Waals surface area (Å²) in [4.78, 5) is 10.1. The molecular formula is C24H51NdO2P. The van der Waals surface area contributed by atoms with E-state index in [1.54, 1.807) is 0 Å². The summed E-state index contributed by atoms with van der Waals surface area (Å²) >= 11 is 0. The van der Waals surface area contributed by atoms with E-state index in [9.17, 15) is 9.46 Å². The van der Waals surface area contributed by atoms with Crippen LogP contribution < -0.4 is 0 Å². The third-order valence-electron chi connectivity index (χ3n) is 5.72. The van der Waals surface area contributed by atoms with E-state index in [0.29, 0.717) is 12.3 Å². The minimum atomic E-state index is -2.84. The quantitative estimate of drug-likeness (QED) is 0.109. The van der Waals surface area contributed by atoms with Crippen molar-refractivity contribution in [3.8, 4) is 0 Å². The molecule has 0 fully saturated rings. The van der Waals surface area contributed by atoms with Gasteiger partial charge in [-0.3, -0.25) is 4.57 Å². The molecule has 0 aliphatic heterocycles. The summed E-state index contributed by atoms with van der Waals surface area (Å²) in [6, 6.07) is 0. The van der Waals surface area contributed by atoms with Gasteiger partial charge in [0, 0.05) is 53.2 Å². The first kappa shape index (κ1) is 31.7. The molecule has 28 heavy (non-hydrogen) atoms. The van der Waals surface area contributed by atoms with Crippen molar-refractivity contribution in [3.05, 3.63) is 0 Å². The van der Waals surface area contributed by atoms with Crippen LogP contribution in [0.25, 0.3) is 0 Å². The van der Waals surface area contributed by atoms with E-state index in [2.05, 4.69) is 13.8 Å². The maximum absolute atomic E-state index is 12.2. The minimum absolute atomic E-state index is 0. The number of hydrogen-bond acceptors (Lipinski definition) is 1. The predicted octanol–water partition coefficient (Wildman–Crippen LogP) is 9.10. The van der Waals surface area contributed by atoms with Crippen LogP contribution in [-0.4, -0.2) is 17.2 Å². The van der Waals surface area contributed by atoms with Gasteiger partial charge in [0.05, 0.1) is 0 Å². The van der Waals surface area contributed by atoms with Gasteiger partial charge in [-0.1, -0.05) is 129 Å². The van der Waals surface area contributed by atoms with Gasteiger partial charge < -0.3 is 4.89 Å².